The smallest absolute Gasteiger partial charge is 0.0426 e. The van der Waals surface area contributed by atoms with Crippen LogP contribution < -0.4 is 10.6 Å². The summed E-state index contributed by atoms with van der Waals surface area (Å²) in [7, 11) is 2.14. The normalized spacial score (nSPS) is 10.6. The Morgan fingerprint density at radius 3 is 2.50 bits per heavy atom. The van der Waals surface area contributed by atoms with Crippen molar-refractivity contribution in [3.8, 4) is 0 Å². The van der Waals surface area contributed by atoms with Crippen molar-refractivity contribution < 1.29 is 0 Å². The number of anilines is 1. The van der Waals surface area contributed by atoms with Crippen LogP contribution in [0, 0.1) is 13.8 Å². The summed E-state index contributed by atoms with van der Waals surface area (Å²) in [5.74, 6) is 0. The van der Waals surface area contributed by atoms with E-state index in [4.69, 9.17) is 5.73 Å². The first kappa shape index (κ1) is 14.6. The Hall–Kier alpha value is -1.80. The lowest BCUT2D eigenvalue weighted by molar-refractivity contribution is 0.914. The minimum absolute atomic E-state index is 0.708. The highest BCUT2D eigenvalue weighted by molar-refractivity contribution is 5.50. The van der Waals surface area contributed by atoms with Gasteiger partial charge < -0.3 is 10.6 Å². The van der Waals surface area contributed by atoms with E-state index in [0.29, 0.717) is 6.54 Å². The third-order valence-corrected chi connectivity index (χ3v) is 3.68. The molecule has 0 bridgehead atoms. The molecule has 2 nitrogen and oxygen atoms in total. The van der Waals surface area contributed by atoms with Crippen molar-refractivity contribution in [1.29, 1.82) is 0 Å². The average Bonchev–Trinajstić information content (AvgIpc) is 2.41. The van der Waals surface area contributed by atoms with Gasteiger partial charge in [0.25, 0.3) is 0 Å². The molecule has 106 valence electrons. The van der Waals surface area contributed by atoms with Gasteiger partial charge in [0.15, 0.2) is 0 Å². The molecule has 0 aliphatic rings. The molecule has 2 N–H and O–H groups in total. The van der Waals surface area contributed by atoms with E-state index in [1.54, 1.807) is 0 Å². The highest BCUT2D eigenvalue weighted by Gasteiger charge is 2.05. The lowest BCUT2D eigenvalue weighted by Crippen LogP contribution is -2.16. The Labute approximate surface area is 122 Å². The Morgan fingerprint density at radius 1 is 1.05 bits per heavy atom. The van der Waals surface area contributed by atoms with Crippen LogP contribution in [0.4, 0.5) is 5.69 Å². The molecule has 0 saturated heterocycles. The Morgan fingerprint density at radius 2 is 1.85 bits per heavy atom. The van der Waals surface area contributed by atoms with Crippen LogP contribution in [0.5, 0.6) is 0 Å². The molecule has 0 aromatic heterocycles. The van der Waals surface area contributed by atoms with Crippen molar-refractivity contribution in [3.05, 3.63) is 64.7 Å². The van der Waals surface area contributed by atoms with Crippen LogP contribution in [-0.4, -0.2) is 13.6 Å². The molecule has 0 spiro atoms. The van der Waals surface area contributed by atoms with Crippen LogP contribution in [0.2, 0.25) is 0 Å². The van der Waals surface area contributed by atoms with E-state index in [9.17, 15) is 0 Å². The van der Waals surface area contributed by atoms with E-state index in [1.807, 2.05) is 0 Å². The quantitative estimate of drug-likeness (QED) is 0.900. The summed E-state index contributed by atoms with van der Waals surface area (Å²) in [5, 5.41) is 0. The predicted molar refractivity (Wildman–Crippen MR) is 87.2 cm³/mol. The second-order valence-electron chi connectivity index (χ2n) is 5.49. The Balaban J connectivity index is 2.13. The number of hydrogen-bond donors (Lipinski definition) is 1. The first-order valence-corrected chi connectivity index (χ1v) is 7.16. The average molecular weight is 268 g/mol. The summed E-state index contributed by atoms with van der Waals surface area (Å²) in [4.78, 5) is 2.29. The van der Waals surface area contributed by atoms with Gasteiger partial charge in [-0.05, 0) is 55.6 Å². The minimum Gasteiger partial charge on any atom is -0.370 e. The predicted octanol–water partition coefficient (Wildman–Crippen LogP) is 3.44. The van der Waals surface area contributed by atoms with Gasteiger partial charge in [0, 0.05) is 19.3 Å². The lowest BCUT2D eigenvalue weighted by Gasteiger charge is -2.21. The van der Waals surface area contributed by atoms with Crippen molar-refractivity contribution in [2.75, 3.05) is 18.5 Å². The van der Waals surface area contributed by atoms with Crippen molar-refractivity contribution in [3.63, 3.8) is 0 Å². The molecular formula is C18H24N2. The molecule has 2 heteroatoms. The van der Waals surface area contributed by atoms with Gasteiger partial charge in [-0.2, -0.15) is 0 Å². The fraction of sp³-hybridized carbons (Fsp3) is 0.333. The first-order valence-electron chi connectivity index (χ1n) is 7.16. The summed E-state index contributed by atoms with van der Waals surface area (Å²) < 4.78 is 0. The van der Waals surface area contributed by atoms with E-state index in [0.717, 1.165) is 13.0 Å². The Kier molecular flexibility index (Phi) is 4.80. The second-order valence-corrected chi connectivity index (χ2v) is 5.49. The fourth-order valence-electron chi connectivity index (χ4n) is 2.53. The SMILES string of the molecule is Cc1cccc(CN(C)c2ccc(CCN)c(C)c2)c1. The minimum atomic E-state index is 0.708. The zero-order chi connectivity index (χ0) is 14.5. The van der Waals surface area contributed by atoms with Gasteiger partial charge in [-0.25, -0.2) is 0 Å². The highest BCUT2D eigenvalue weighted by atomic mass is 15.1. The van der Waals surface area contributed by atoms with Crippen LogP contribution in [0.25, 0.3) is 0 Å². The summed E-state index contributed by atoms with van der Waals surface area (Å²) >= 11 is 0. The lowest BCUT2D eigenvalue weighted by atomic mass is 10.0. The third kappa shape index (κ3) is 3.61. The van der Waals surface area contributed by atoms with Crippen LogP contribution >= 0.6 is 0 Å². The number of nitrogens with two attached hydrogens (primary N) is 1. The van der Waals surface area contributed by atoms with Crippen molar-refractivity contribution in [2.45, 2.75) is 26.8 Å². The van der Waals surface area contributed by atoms with Gasteiger partial charge in [0.2, 0.25) is 0 Å². The van der Waals surface area contributed by atoms with Gasteiger partial charge in [0.05, 0.1) is 0 Å². The molecule has 0 amide bonds. The van der Waals surface area contributed by atoms with Crippen molar-refractivity contribution in [2.24, 2.45) is 5.73 Å². The van der Waals surface area contributed by atoms with Gasteiger partial charge in [-0.1, -0.05) is 35.9 Å². The zero-order valence-corrected chi connectivity index (χ0v) is 12.7. The highest BCUT2D eigenvalue weighted by Crippen LogP contribution is 2.20. The van der Waals surface area contributed by atoms with Crippen LogP contribution in [-0.2, 0) is 13.0 Å². The number of rotatable bonds is 5. The van der Waals surface area contributed by atoms with Gasteiger partial charge in [0.1, 0.15) is 0 Å². The largest absolute Gasteiger partial charge is 0.370 e. The first-order chi connectivity index (χ1) is 9.60. The molecule has 2 rings (SSSR count). The van der Waals surface area contributed by atoms with E-state index in [2.05, 4.69) is 68.3 Å². The van der Waals surface area contributed by atoms with Crippen molar-refractivity contribution >= 4 is 5.69 Å². The maximum absolute atomic E-state index is 5.63. The number of hydrogen-bond acceptors (Lipinski definition) is 2. The molecule has 0 unspecified atom stereocenters. The maximum atomic E-state index is 5.63. The molecule has 2 aromatic carbocycles. The van der Waals surface area contributed by atoms with Gasteiger partial charge in [-0.15, -0.1) is 0 Å². The Bertz CT molecular complexity index is 575. The second kappa shape index (κ2) is 6.58. The van der Waals surface area contributed by atoms with Crippen LogP contribution in [0.1, 0.15) is 22.3 Å². The molecule has 0 aliphatic carbocycles. The monoisotopic (exact) mass is 268 g/mol. The van der Waals surface area contributed by atoms with Crippen LogP contribution in [0.15, 0.2) is 42.5 Å². The molecule has 0 aliphatic heterocycles. The standard InChI is InChI=1S/C18H24N2/c1-14-5-4-6-16(11-14)13-20(3)18-8-7-17(9-10-19)15(2)12-18/h4-8,11-12H,9-10,13,19H2,1-3H3. The van der Waals surface area contributed by atoms with E-state index < -0.39 is 0 Å². The molecule has 0 saturated carbocycles. The molecule has 2 aromatic rings. The number of benzene rings is 2. The van der Waals surface area contributed by atoms with Gasteiger partial charge in [-0.3, -0.25) is 0 Å². The van der Waals surface area contributed by atoms with Crippen molar-refractivity contribution in [1.82, 2.24) is 0 Å². The van der Waals surface area contributed by atoms with E-state index in [1.165, 1.54) is 27.9 Å². The summed E-state index contributed by atoms with van der Waals surface area (Å²) in [6, 6.07) is 15.3. The topological polar surface area (TPSA) is 29.3 Å². The number of aryl methyl sites for hydroxylation is 2. The molecule has 0 radical (unpaired) electrons. The molecule has 20 heavy (non-hydrogen) atoms. The fourth-order valence-corrected chi connectivity index (χ4v) is 2.53. The third-order valence-electron chi connectivity index (χ3n) is 3.68. The van der Waals surface area contributed by atoms with E-state index >= 15 is 0 Å². The summed E-state index contributed by atoms with van der Waals surface area (Å²) in [6.07, 6.45) is 0.952. The zero-order valence-electron chi connectivity index (χ0n) is 12.7. The molecular weight excluding hydrogens is 244 g/mol. The summed E-state index contributed by atoms with van der Waals surface area (Å²) in [5.41, 5.74) is 12.2. The molecule has 0 atom stereocenters. The molecule has 0 fully saturated rings. The van der Waals surface area contributed by atoms with Crippen LogP contribution in [0.3, 0.4) is 0 Å². The maximum Gasteiger partial charge on any atom is 0.0426 e. The number of nitrogens with zero attached hydrogens (tertiary/aromatic N) is 1. The van der Waals surface area contributed by atoms with E-state index in [-0.39, 0.29) is 0 Å². The summed E-state index contributed by atoms with van der Waals surface area (Å²) in [6.45, 7) is 5.93. The molecule has 0 heterocycles. The van der Waals surface area contributed by atoms with Gasteiger partial charge >= 0.3 is 0 Å².